The fourth-order valence-electron chi connectivity index (χ4n) is 4.74. The van der Waals surface area contributed by atoms with Gasteiger partial charge in [-0.2, -0.15) is 0 Å². The molecule has 33 heavy (non-hydrogen) atoms. The van der Waals surface area contributed by atoms with E-state index < -0.39 is 16.6 Å². The van der Waals surface area contributed by atoms with E-state index >= 15 is 0 Å². The second-order valence-electron chi connectivity index (χ2n) is 9.74. The summed E-state index contributed by atoms with van der Waals surface area (Å²) in [6.45, 7) is 13.8. The van der Waals surface area contributed by atoms with Gasteiger partial charge in [-0.05, 0) is 33.5 Å². The lowest BCUT2D eigenvalue weighted by Gasteiger charge is -2.44. The molecule has 4 nitrogen and oxygen atoms in total. The van der Waals surface area contributed by atoms with E-state index in [1.165, 1.54) is 17.5 Å². The van der Waals surface area contributed by atoms with Gasteiger partial charge in [0, 0.05) is 0 Å². The summed E-state index contributed by atoms with van der Waals surface area (Å²) in [6.07, 6.45) is -0.102. The molecule has 0 aliphatic carbocycles. The van der Waals surface area contributed by atoms with Gasteiger partial charge in [0.05, 0.1) is 26.2 Å². The zero-order valence-electron chi connectivity index (χ0n) is 21.5. The average molecular weight is 487 g/mol. The van der Waals surface area contributed by atoms with Crippen LogP contribution in [-0.2, 0) is 18.4 Å². The van der Waals surface area contributed by atoms with E-state index in [4.69, 9.17) is 13.6 Å². The summed E-state index contributed by atoms with van der Waals surface area (Å²) >= 11 is 0. The maximum absolute atomic E-state index is 12.3. The molecule has 2 rings (SSSR count). The van der Waals surface area contributed by atoms with Gasteiger partial charge in [-0.25, -0.2) is 0 Å². The molecular formula is C27H42O4Si2. The van der Waals surface area contributed by atoms with Crippen LogP contribution in [0.5, 0.6) is 0 Å². The van der Waals surface area contributed by atoms with Gasteiger partial charge in [-0.1, -0.05) is 102 Å². The average Bonchev–Trinajstić information content (AvgIpc) is 2.83. The van der Waals surface area contributed by atoms with Gasteiger partial charge in [-0.15, -0.1) is 0 Å². The molecule has 0 saturated heterocycles. The SMILES string of the molecule is CC[Si](CC)(CC)O[C@H](CO[Si](c1ccccc1)(c1ccccc1)C(C)(C)C)CC(=O)OC. The van der Waals surface area contributed by atoms with Crippen molar-refractivity contribution in [3.05, 3.63) is 60.7 Å². The standard InChI is InChI=1S/C27H42O4Si2/c1-8-32(9-2,10-3)31-23(21-26(28)29-7)22-30-33(27(4,5)6,24-17-13-11-14-18-24)25-19-15-12-16-20-25/h11-20,23H,8-10,21-22H2,1-7H3/t23-/m0/s1. The van der Waals surface area contributed by atoms with E-state index in [9.17, 15) is 4.79 Å². The fraction of sp³-hybridized carbons (Fsp3) is 0.519. The first kappa shape index (κ1) is 27.5. The molecule has 0 heterocycles. The van der Waals surface area contributed by atoms with E-state index in [1.54, 1.807) is 0 Å². The molecule has 1 atom stereocenters. The molecule has 2 aromatic rings. The normalized spacial score (nSPS) is 13.5. The third kappa shape index (κ3) is 6.44. The summed E-state index contributed by atoms with van der Waals surface area (Å²) in [6, 6.07) is 24.2. The van der Waals surface area contributed by atoms with Crippen molar-refractivity contribution in [2.24, 2.45) is 0 Å². The van der Waals surface area contributed by atoms with E-state index in [0.29, 0.717) is 6.61 Å². The molecule has 0 amide bonds. The second kappa shape index (κ2) is 12.1. The number of methoxy groups -OCH3 is 1. The molecule has 0 N–H and O–H groups in total. The quantitative estimate of drug-likeness (QED) is 0.293. The van der Waals surface area contributed by atoms with Gasteiger partial charge in [-0.3, -0.25) is 4.79 Å². The van der Waals surface area contributed by atoms with Crippen LogP contribution in [0.3, 0.4) is 0 Å². The van der Waals surface area contributed by atoms with Crippen LogP contribution in [0, 0.1) is 0 Å². The van der Waals surface area contributed by atoms with Crippen molar-refractivity contribution in [3.63, 3.8) is 0 Å². The number of carbonyl (C=O) groups is 1. The molecule has 0 aliphatic heterocycles. The number of rotatable bonds is 12. The van der Waals surface area contributed by atoms with Crippen LogP contribution in [0.25, 0.3) is 0 Å². The molecule has 0 fully saturated rings. The van der Waals surface area contributed by atoms with Crippen LogP contribution in [0.15, 0.2) is 60.7 Å². The lowest BCUT2D eigenvalue weighted by molar-refractivity contribution is -0.143. The Hall–Kier alpha value is -1.74. The molecule has 0 spiro atoms. The molecule has 2 aromatic carbocycles. The predicted molar refractivity (Wildman–Crippen MR) is 142 cm³/mol. The molecule has 0 radical (unpaired) electrons. The summed E-state index contributed by atoms with van der Waals surface area (Å²) in [5.74, 6) is -0.253. The lowest BCUT2D eigenvalue weighted by Crippen LogP contribution is -2.67. The Morgan fingerprint density at radius 3 is 1.67 bits per heavy atom. The summed E-state index contributed by atoms with van der Waals surface area (Å²) in [7, 11) is -3.19. The minimum Gasteiger partial charge on any atom is -0.469 e. The van der Waals surface area contributed by atoms with E-state index in [-0.39, 0.29) is 23.5 Å². The third-order valence-electron chi connectivity index (χ3n) is 6.87. The summed E-state index contributed by atoms with van der Waals surface area (Å²) in [5.41, 5.74) is 0. The zero-order chi connectivity index (χ0) is 24.5. The summed E-state index contributed by atoms with van der Waals surface area (Å²) in [5, 5.41) is 2.33. The van der Waals surface area contributed by atoms with Crippen molar-refractivity contribution in [3.8, 4) is 0 Å². The van der Waals surface area contributed by atoms with Crippen LogP contribution in [-0.4, -0.2) is 42.4 Å². The number of benzene rings is 2. The van der Waals surface area contributed by atoms with E-state index in [2.05, 4.69) is 90.1 Å². The van der Waals surface area contributed by atoms with Crippen molar-refractivity contribution in [1.82, 2.24) is 0 Å². The minimum absolute atomic E-state index is 0.125. The first-order valence-corrected chi connectivity index (χ1v) is 16.6. The molecule has 0 unspecified atom stereocenters. The fourth-order valence-corrected chi connectivity index (χ4v) is 12.2. The van der Waals surface area contributed by atoms with Gasteiger partial charge < -0.3 is 13.6 Å². The molecule has 182 valence electrons. The van der Waals surface area contributed by atoms with Gasteiger partial charge >= 0.3 is 5.97 Å². The summed E-state index contributed by atoms with van der Waals surface area (Å²) < 4.78 is 18.9. The third-order valence-corrected chi connectivity index (χ3v) is 16.6. The maximum Gasteiger partial charge on any atom is 0.308 e. The Kier molecular flexibility index (Phi) is 10.1. The van der Waals surface area contributed by atoms with Crippen LogP contribution < -0.4 is 10.4 Å². The highest BCUT2D eigenvalue weighted by molar-refractivity contribution is 6.99. The van der Waals surface area contributed by atoms with E-state index in [0.717, 1.165) is 18.1 Å². The second-order valence-corrected chi connectivity index (χ2v) is 18.8. The van der Waals surface area contributed by atoms with Crippen molar-refractivity contribution >= 4 is 33.0 Å². The first-order chi connectivity index (χ1) is 15.7. The molecule has 0 bridgehead atoms. The highest BCUT2D eigenvalue weighted by atomic mass is 28.4. The predicted octanol–water partition coefficient (Wildman–Crippen LogP) is 5.52. The molecule has 6 heteroatoms. The molecule has 0 aliphatic rings. The van der Waals surface area contributed by atoms with Crippen LogP contribution in [0.2, 0.25) is 23.2 Å². The number of ether oxygens (including phenoxy) is 1. The van der Waals surface area contributed by atoms with Crippen molar-refractivity contribution in [2.75, 3.05) is 13.7 Å². The van der Waals surface area contributed by atoms with Crippen LogP contribution in [0.4, 0.5) is 0 Å². The minimum atomic E-state index is -2.70. The van der Waals surface area contributed by atoms with Crippen molar-refractivity contribution < 1.29 is 18.4 Å². The van der Waals surface area contributed by atoms with Crippen LogP contribution in [0.1, 0.15) is 48.0 Å². The number of hydrogen-bond acceptors (Lipinski definition) is 4. The van der Waals surface area contributed by atoms with Crippen molar-refractivity contribution in [1.29, 1.82) is 0 Å². The van der Waals surface area contributed by atoms with Gasteiger partial charge in [0.15, 0.2) is 8.32 Å². The molecular weight excluding hydrogens is 444 g/mol. The van der Waals surface area contributed by atoms with Gasteiger partial charge in [0.25, 0.3) is 8.32 Å². The lowest BCUT2D eigenvalue weighted by atomic mass is 10.2. The summed E-state index contributed by atoms with van der Waals surface area (Å²) in [4.78, 5) is 12.3. The Labute approximate surface area is 202 Å². The largest absolute Gasteiger partial charge is 0.469 e. The first-order valence-electron chi connectivity index (χ1n) is 12.2. The molecule has 0 saturated carbocycles. The highest BCUT2D eigenvalue weighted by Crippen LogP contribution is 2.37. The number of carbonyl (C=O) groups excluding carboxylic acids is 1. The Bertz CT molecular complexity index is 798. The smallest absolute Gasteiger partial charge is 0.308 e. The molecule has 0 aromatic heterocycles. The zero-order valence-corrected chi connectivity index (χ0v) is 23.5. The highest BCUT2D eigenvalue weighted by Gasteiger charge is 2.50. The van der Waals surface area contributed by atoms with Crippen LogP contribution >= 0.6 is 0 Å². The van der Waals surface area contributed by atoms with Gasteiger partial charge in [0.1, 0.15) is 0 Å². The van der Waals surface area contributed by atoms with E-state index in [1.807, 2.05) is 12.1 Å². The monoisotopic (exact) mass is 486 g/mol. The Morgan fingerprint density at radius 2 is 1.30 bits per heavy atom. The topological polar surface area (TPSA) is 44.8 Å². The van der Waals surface area contributed by atoms with Gasteiger partial charge in [0.2, 0.25) is 0 Å². The number of esters is 1. The number of hydrogen-bond donors (Lipinski definition) is 0. The van der Waals surface area contributed by atoms with Crippen molar-refractivity contribution in [2.45, 2.75) is 77.2 Å². The maximum atomic E-state index is 12.3. The Balaban J connectivity index is 2.52. The Morgan fingerprint density at radius 1 is 0.848 bits per heavy atom.